The molecule has 110 valence electrons. The number of aliphatic hydroxyl groups is 1. The summed E-state index contributed by atoms with van der Waals surface area (Å²) in [6.45, 7) is 1.52. The van der Waals surface area contributed by atoms with Crippen LogP contribution in [-0.2, 0) is 16.1 Å². The van der Waals surface area contributed by atoms with Gasteiger partial charge in [0.1, 0.15) is 0 Å². The van der Waals surface area contributed by atoms with Crippen molar-refractivity contribution in [1.82, 2.24) is 5.32 Å². The molecule has 1 amide bonds. The monoisotopic (exact) mass is 279 g/mol. The van der Waals surface area contributed by atoms with Crippen LogP contribution < -0.4 is 5.32 Å². The van der Waals surface area contributed by atoms with Gasteiger partial charge in [-0.15, -0.1) is 0 Å². The molecule has 1 aromatic carbocycles. The van der Waals surface area contributed by atoms with Gasteiger partial charge < -0.3 is 19.9 Å². The number of amides is 1. The minimum absolute atomic E-state index is 0.0696. The Morgan fingerprint density at radius 2 is 2.20 bits per heavy atom. The van der Waals surface area contributed by atoms with Crippen LogP contribution in [0.1, 0.15) is 28.8 Å². The van der Waals surface area contributed by atoms with Crippen LogP contribution in [0.25, 0.3) is 0 Å². The second-order valence-electron chi connectivity index (χ2n) is 5.14. The van der Waals surface area contributed by atoms with E-state index in [2.05, 4.69) is 5.32 Å². The maximum Gasteiger partial charge on any atom is 0.251 e. The molecule has 0 aromatic heterocycles. The number of hydrogen-bond donors (Lipinski definition) is 2. The van der Waals surface area contributed by atoms with Crippen LogP contribution in [0, 0.1) is 0 Å². The Morgan fingerprint density at radius 3 is 2.85 bits per heavy atom. The van der Waals surface area contributed by atoms with Crippen LogP contribution in [0.3, 0.4) is 0 Å². The third-order valence-electron chi connectivity index (χ3n) is 3.63. The van der Waals surface area contributed by atoms with Crippen LogP contribution >= 0.6 is 0 Å². The van der Waals surface area contributed by atoms with Crippen molar-refractivity contribution in [3.63, 3.8) is 0 Å². The highest BCUT2D eigenvalue weighted by Crippen LogP contribution is 2.21. The summed E-state index contributed by atoms with van der Waals surface area (Å²) in [6, 6.07) is 7.32. The molecule has 0 aliphatic carbocycles. The van der Waals surface area contributed by atoms with E-state index in [1.807, 2.05) is 18.2 Å². The summed E-state index contributed by atoms with van der Waals surface area (Å²) in [6.07, 6.45) is 1.26. The summed E-state index contributed by atoms with van der Waals surface area (Å²) in [5, 5.41) is 12.5. The number of carbonyl (C=O) groups is 1. The second-order valence-corrected chi connectivity index (χ2v) is 5.14. The van der Waals surface area contributed by atoms with Gasteiger partial charge in [-0.25, -0.2) is 0 Å². The first-order valence-corrected chi connectivity index (χ1v) is 6.78. The highest BCUT2D eigenvalue weighted by atomic mass is 16.5. The van der Waals surface area contributed by atoms with E-state index in [-0.39, 0.29) is 12.5 Å². The second kappa shape index (κ2) is 6.83. The van der Waals surface area contributed by atoms with E-state index < -0.39 is 5.54 Å². The number of hydrogen-bond acceptors (Lipinski definition) is 4. The number of nitrogens with one attached hydrogen (secondary N) is 1. The lowest BCUT2D eigenvalue weighted by molar-refractivity contribution is 0.0125. The average molecular weight is 279 g/mol. The van der Waals surface area contributed by atoms with Gasteiger partial charge in [-0.1, -0.05) is 12.1 Å². The van der Waals surface area contributed by atoms with E-state index in [0.29, 0.717) is 38.2 Å². The fraction of sp³-hybridized carbons (Fsp3) is 0.533. The third kappa shape index (κ3) is 3.56. The van der Waals surface area contributed by atoms with Gasteiger partial charge in [0, 0.05) is 25.9 Å². The van der Waals surface area contributed by atoms with Gasteiger partial charge in [0.15, 0.2) is 0 Å². The molecule has 0 atom stereocenters. The highest BCUT2D eigenvalue weighted by molar-refractivity contribution is 5.94. The van der Waals surface area contributed by atoms with Crippen LogP contribution in [0.4, 0.5) is 0 Å². The molecular weight excluding hydrogens is 258 g/mol. The Balaban J connectivity index is 2.08. The predicted molar refractivity (Wildman–Crippen MR) is 74.5 cm³/mol. The summed E-state index contributed by atoms with van der Waals surface area (Å²) in [5.74, 6) is -0.168. The minimum atomic E-state index is -0.563. The predicted octanol–water partition coefficient (Wildman–Crippen LogP) is 1.10. The normalized spacial score (nSPS) is 17.7. The quantitative estimate of drug-likeness (QED) is 0.847. The van der Waals surface area contributed by atoms with Crippen molar-refractivity contribution in [1.29, 1.82) is 0 Å². The third-order valence-corrected chi connectivity index (χ3v) is 3.63. The van der Waals surface area contributed by atoms with Crippen molar-refractivity contribution in [3.05, 3.63) is 35.4 Å². The van der Waals surface area contributed by atoms with Crippen molar-refractivity contribution in [2.45, 2.75) is 25.0 Å². The molecular formula is C15H21NO4. The summed E-state index contributed by atoms with van der Waals surface area (Å²) < 4.78 is 10.4. The Hall–Kier alpha value is -1.43. The van der Waals surface area contributed by atoms with Crippen molar-refractivity contribution in [2.75, 3.05) is 26.9 Å². The molecule has 0 radical (unpaired) electrons. The minimum Gasteiger partial charge on any atom is -0.394 e. The van der Waals surface area contributed by atoms with Gasteiger partial charge in [0.05, 0.1) is 18.8 Å². The largest absolute Gasteiger partial charge is 0.394 e. The fourth-order valence-electron chi connectivity index (χ4n) is 2.37. The van der Waals surface area contributed by atoms with Crippen molar-refractivity contribution < 1.29 is 19.4 Å². The van der Waals surface area contributed by atoms with Crippen LogP contribution in [-0.4, -0.2) is 43.5 Å². The number of benzene rings is 1. The molecule has 2 rings (SSSR count). The Bertz CT molecular complexity index is 455. The van der Waals surface area contributed by atoms with Gasteiger partial charge in [-0.05, 0) is 30.5 Å². The van der Waals surface area contributed by atoms with E-state index in [0.717, 1.165) is 5.56 Å². The molecule has 5 nitrogen and oxygen atoms in total. The number of rotatable bonds is 5. The molecule has 0 saturated carbocycles. The molecule has 1 saturated heterocycles. The van der Waals surface area contributed by atoms with E-state index >= 15 is 0 Å². The SMILES string of the molecule is COCc1cccc(C(=O)NC2(CO)CCOCC2)c1. The molecule has 1 heterocycles. The lowest BCUT2D eigenvalue weighted by Crippen LogP contribution is -2.54. The van der Waals surface area contributed by atoms with Crippen molar-refractivity contribution >= 4 is 5.91 Å². The lowest BCUT2D eigenvalue weighted by atomic mass is 9.90. The first kappa shape index (κ1) is 15.0. The van der Waals surface area contributed by atoms with Crippen LogP contribution in [0.15, 0.2) is 24.3 Å². The summed E-state index contributed by atoms with van der Waals surface area (Å²) in [4.78, 5) is 12.3. The number of ether oxygens (including phenoxy) is 2. The first-order chi connectivity index (χ1) is 9.69. The summed E-state index contributed by atoms with van der Waals surface area (Å²) >= 11 is 0. The zero-order valence-corrected chi connectivity index (χ0v) is 11.7. The molecule has 1 aromatic rings. The van der Waals surface area contributed by atoms with Crippen molar-refractivity contribution in [3.8, 4) is 0 Å². The van der Waals surface area contributed by atoms with E-state index in [9.17, 15) is 9.90 Å². The zero-order valence-electron chi connectivity index (χ0n) is 11.7. The molecule has 1 fully saturated rings. The molecule has 0 spiro atoms. The van der Waals surface area contributed by atoms with Gasteiger partial charge in [-0.3, -0.25) is 4.79 Å². The average Bonchev–Trinajstić information content (AvgIpc) is 2.49. The molecule has 0 unspecified atom stereocenters. The Kier molecular flexibility index (Phi) is 5.11. The molecule has 1 aliphatic heterocycles. The van der Waals surface area contributed by atoms with Crippen LogP contribution in [0.2, 0.25) is 0 Å². The van der Waals surface area contributed by atoms with Gasteiger partial charge in [0.25, 0.3) is 5.91 Å². The van der Waals surface area contributed by atoms with E-state index in [1.54, 1.807) is 13.2 Å². The van der Waals surface area contributed by atoms with E-state index in [1.165, 1.54) is 0 Å². The number of aliphatic hydroxyl groups excluding tert-OH is 1. The molecule has 1 aliphatic rings. The fourth-order valence-corrected chi connectivity index (χ4v) is 2.37. The molecule has 20 heavy (non-hydrogen) atoms. The smallest absolute Gasteiger partial charge is 0.251 e. The highest BCUT2D eigenvalue weighted by Gasteiger charge is 2.33. The zero-order chi connectivity index (χ0) is 14.4. The Labute approximate surface area is 118 Å². The van der Waals surface area contributed by atoms with E-state index in [4.69, 9.17) is 9.47 Å². The summed E-state index contributed by atoms with van der Waals surface area (Å²) in [5.41, 5.74) is 0.969. The van der Waals surface area contributed by atoms with Crippen molar-refractivity contribution in [2.24, 2.45) is 0 Å². The molecule has 2 N–H and O–H groups in total. The van der Waals surface area contributed by atoms with Crippen LogP contribution in [0.5, 0.6) is 0 Å². The number of carbonyl (C=O) groups excluding carboxylic acids is 1. The maximum absolute atomic E-state index is 12.3. The number of methoxy groups -OCH3 is 1. The topological polar surface area (TPSA) is 67.8 Å². The molecule has 0 bridgehead atoms. The maximum atomic E-state index is 12.3. The van der Waals surface area contributed by atoms with Gasteiger partial charge >= 0.3 is 0 Å². The van der Waals surface area contributed by atoms with Gasteiger partial charge in [-0.2, -0.15) is 0 Å². The summed E-state index contributed by atoms with van der Waals surface area (Å²) in [7, 11) is 1.62. The standard InChI is InChI=1S/C15H21NO4/c1-19-10-12-3-2-4-13(9-12)14(18)16-15(11-17)5-7-20-8-6-15/h2-4,9,17H,5-8,10-11H2,1H3,(H,16,18). The first-order valence-electron chi connectivity index (χ1n) is 6.78. The lowest BCUT2D eigenvalue weighted by Gasteiger charge is -2.36. The Morgan fingerprint density at radius 1 is 1.45 bits per heavy atom. The van der Waals surface area contributed by atoms with Gasteiger partial charge in [0.2, 0.25) is 0 Å². The molecule has 5 heteroatoms.